The summed E-state index contributed by atoms with van der Waals surface area (Å²) in [7, 11) is 1.37. The molecule has 0 fully saturated rings. The minimum Gasteiger partial charge on any atom is -0.469 e. The first-order chi connectivity index (χ1) is 9.31. The predicted molar refractivity (Wildman–Crippen MR) is 82.8 cm³/mol. The number of rotatable bonds is 5. The zero-order valence-corrected chi connectivity index (χ0v) is 13.3. The van der Waals surface area contributed by atoms with Gasteiger partial charge in [-0.1, -0.05) is 62.9 Å². The van der Waals surface area contributed by atoms with Gasteiger partial charge in [-0.3, -0.25) is 9.59 Å². The highest BCUT2D eigenvalue weighted by Crippen LogP contribution is 2.31. The fraction of sp³-hybridized carbons (Fsp3) is 0.500. The van der Waals surface area contributed by atoms with Gasteiger partial charge in [-0.2, -0.15) is 0 Å². The zero-order valence-electron chi connectivity index (χ0n) is 12.5. The van der Waals surface area contributed by atoms with E-state index in [4.69, 9.17) is 4.74 Å². The van der Waals surface area contributed by atoms with Crippen LogP contribution in [0.15, 0.2) is 30.3 Å². The molecule has 1 atom stereocenters. The smallest absolute Gasteiger partial charge is 0.306 e. The Morgan fingerprint density at radius 3 is 2.25 bits per heavy atom. The summed E-state index contributed by atoms with van der Waals surface area (Å²) in [5, 5.41) is 0.107. The number of ether oxygens (including phenoxy) is 1. The van der Waals surface area contributed by atoms with Crippen molar-refractivity contribution in [1.29, 1.82) is 0 Å². The highest BCUT2D eigenvalue weighted by Gasteiger charge is 2.23. The molecule has 0 radical (unpaired) electrons. The second kappa shape index (κ2) is 7.48. The number of hydrogen-bond acceptors (Lipinski definition) is 4. The van der Waals surface area contributed by atoms with Crippen LogP contribution in [0.25, 0.3) is 0 Å². The summed E-state index contributed by atoms with van der Waals surface area (Å²) in [5.74, 6) is -0.404. The zero-order chi connectivity index (χ0) is 15.2. The minimum absolute atomic E-state index is 0.107. The van der Waals surface area contributed by atoms with Crippen molar-refractivity contribution >= 4 is 22.8 Å². The molecule has 0 unspecified atom stereocenters. The van der Waals surface area contributed by atoms with Gasteiger partial charge in [-0.05, 0) is 5.56 Å². The second-order valence-corrected chi connectivity index (χ2v) is 7.56. The molecule has 0 aliphatic heterocycles. The van der Waals surface area contributed by atoms with Gasteiger partial charge < -0.3 is 4.74 Å². The molecule has 0 N–H and O–H groups in total. The van der Waals surface area contributed by atoms with Crippen LogP contribution >= 0.6 is 11.8 Å². The molecule has 0 saturated heterocycles. The Morgan fingerprint density at radius 1 is 1.15 bits per heavy atom. The van der Waals surface area contributed by atoms with Crippen molar-refractivity contribution in [3.05, 3.63) is 35.9 Å². The molecule has 3 nitrogen and oxygen atoms in total. The van der Waals surface area contributed by atoms with Crippen molar-refractivity contribution < 1.29 is 14.3 Å². The first kappa shape index (κ1) is 16.8. The average molecular weight is 294 g/mol. The monoisotopic (exact) mass is 294 g/mol. The summed E-state index contributed by atoms with van der Waals surface area (Å²) >= 11 is 1.32. The molecule has 0 heterocycles. The lowest BCUT2D eigenvalue weighted by molar-refractivity contribution is -0.141. The van der Waals surface area contributed by atoms with Crippen LogP contribution in [0.4, 0.5) is 0 Å². The van der Waals surface area contributed by atoms with E-state index in [9.17, 15) is 9.59 Å². The maximum absolute atomic E-state index is 12.1. The number of carbonyl (C=O) groups is 2. The van der Waals surface area contributed by atoms with Crippen LogP contribution in [0, 0.1) is 0 Å². The number of hydrogen-bond donors (Lipinski definition) is 0. The Labute approximate surface area is 125 Å². The number of methoxy groups -OCH3 is 1. The quantitative estimate of drug-likeness (QED) is 0.775. The average Bonchev–Trinajstić information content (AvgIpc) is 2.36. The third-order valence-corrected chi connectivity index (χ3v) is 3.75. The van der Waals surface area contributed by atoms with Gasteiger partial charge >= 0.3 is 5.97 Å². The van der Waals surface area contributed by atoms with Crippen LogP contribution in [0.5, 0.6) is 0 Å². The van der Waals surface area contributed by atoms with Crippen molar-refractivity contribution in [3.63, 3.8) is 0 Å². The highest BCUT2D eigenvalue weighted by atomic mass is 32.2. The first-order valence-corrected chi connectivity index (χ1v) is 7.47. The van der Waals surface area contributed by atoms with Gasteiger partial charge in [0.2, 0.25) is 0 Å². The largest absolute Gasteiger partial charge is 0.469 e. The van der Waals surface area contributed by atoms with Crippen molar-refractivity contribution in [2.75, 3.05) is 7.11 Å². The molecule has 0 amide bonds. The molecule has 1 rings (SSSR count). The fourth-order valence-electron chi connectivity index (χ4n) is 1.90. The molecule has 1 aromatic rings. The third kappa shape index (κ3) is 6.24. The van der Waals surface area contributed by atoms with E-state index in [-0.39, 0.29) is 28.2 Å². The number of esters is 1. The Morgan fingerprint density at radius 2 is 1.75 bits per heavy atom. The molecule has 110 valence electrons. The maximum atomic E-state index is 12.1. The van der Waals surface area contributed by atoms with E-state index >= 15 is 0 Å². The van der Waals surface area contributed by atoms with Gasteiger partial charge in [-0.15, -0.1) is 0 Å². The molecule has 0 spiro atoms. The van der Waals surface area contributed by atoms with Gasteiger partial charge in [0.15, 0.2) is 5.12 Å². The predicted octanol–water partition coefficient (Wildman–Crippen LogP) is 3.78. The number of thioether (sulfide) groups is 1. The van der Waals surface area contributed by atoms with Crippen molar-refractivity contribution in [2.45, 2.75) is 44.3 Å². The lowest BCUT2D eigenvalue weighted by atomic mass is 9.93. The van der Waals surface area contributed by atoms with Crippen molar-refractivity contribution in [2.24, 2.45) is 0 Å². The fourth-order valence-corrected chi connectivity index (χ4v) is 2.87. The Kier molecular flexibility index (Phi) is 6.27. The van der Waals surface area contributed by atoms with E-state index in [0.717, 1.165) is 5.56 Å². The summed E-state index contributed by atoms with van der Waals surface area (Å²) < 4.78 is 4.62. The van der Waals surface area contributed by atoms with E-state index in [1.165, 1.54) is 18.9 Å². The first-order valence-electron chi connectivity index (χ1n) is 6.65. The summed E-state index contributed by atoms with van der Waals surface area (Å²) in [4.78, 5) is 23.6. The van der Waals surface area contributed by atoms with Crippen LogP contribution in [0.1, 0.15) is 45.1 Å². The minimum atomic E-state index is -0.285. The topological polar surface area (TPSA) is 43.4 Å². The van der Waals surface area contributed by atoms with Crippen molar-refractivity contribution in [3.8, 4) is 0 Å². The summed E-state index contributed by atoms with van der Waals surface area (Å²) in [6.07, 6.45) is 0.581. The Balaban J connectivity index is 2.78. The second-order valence-electron chi connectivity index (χ2n) is 5.68. The normalized spacial score (nSPS) is 12.8. The van der Waals surface area contributed by atoms with Crippen LogP contribution < -0.4 is 0 Å². The van der Waals surface area contributed by atoms with Gasteiger partial charge in [0.25, 0.3) is 0 Å². The molecule has 4 heteroatoms. The van der Waals surface area contributed by atoms with Gasteiger partial charge in [0.1, 0.15) is 0 Å². The van der Waals surface area contributed by atoms with Crippen LogP contribution in [0.3, 0.4) is 0 Å². The molecule has 0 aliphatic carbocycles. The SMILES string of the molecule is COC(=O)C[C@@H](CC(=O)SC(C)(C)C)c1ccccc1. The maximum Gasteiger partial charge on any atom is 0.306 e. The Hall–Kier alpha value is -1.29. The molecular formula is C16H22O3S. The molecule has 0 saturated carbocycles. The molecule has 0 aliphatic rings. The molecule has 0 bridgehead atoms. The summed E-state index contributed by atoms with van der Waals surface area (Å²) in [6.45, 7) is 6.02. The van der Waals surface area contributed by atoms with E-state index in [1.54, 1.807) is 0 Å². The number of benzene rings is 1. The van der Waals surface area contributed by atoms with Crippen LogP contribution in [-0.4, -0.2) is 22.9 Å². The lowest BCUT2D eigenvalue weighted by Crippen LogP contribution is -2.16. The summed E-state index contributed by atoms with van der Waals surface area (Å²) in [5.41, 5.74) is 1.00. The third-order valence-electron chi connectivity index (χ3n) is 2.74. The summed E-state index contributed by atoms with van der Waals surface area (Å²) in [6, 6.07) is 9.65. The van der Waals surface area contributed by atoms with Crippen LogP contribution in [-0.2, 0) is 14.3 Å². The standard InChI is InChI=1S/C16H22O3S/c1-16(2,3)20-15(18)11-13(10-14(17)19-4)12-8-6-5-7-9-12/h5-9,13H,10-11H2,1-4H3/t13-/m0/s1. The van der Waals surface area contributed by atoms with Crippen molar-refractivity contribution in [1.82, 2.24) is 0 Å². The van der Waals surface area contributed by atoms with Gasteiger partial charge in [0.05, 0.1) is 13.5 Å². The van der Waals surface area contributed by atoms with E-state index in [0.29, 0.717) is 6.42 Å². The molecular weight excluding hydrogens is 272 g/mol. The molecule has 0 aromatic heterocycles. The van der Waals surface area contributed by atoms with Gasteiger partial charge in [-0.25, -0.2) is 0 Å². The lowest BCUT2D eigenvalue weighted by Gasteiger charge is -2.19. The van der Waals surface area contributed by atoms with E-state index < -0.39 is 0 Å². The molecule has 20 heavy (non-hydrogen) atoms. The number of carbonyl (C=O) groups excluding carboxylic acids is 2. The highest BCUT2D eigenvalue weighted by molar-refractivity contribution is 8.14. The van der Waals surface area contributed by atoms with Gasteiger partial charge in [0, 0.05) is 17.1 Å². The van der Waals surface area contributed by atoms with Crippen LogP contribution in [0.2, 0.25) is 0 Å². The van der Waals surface area contributed by atoms with E-state index in [2.05, 4.69) is 0 Å². The molecule has 1 aromatic carbocycles. The van der Waals surface area contributed by atoms with E-state index in [1.807, 2.05) is 51.1 Å². The Bertz CT molecular complexity index is 449.